The largest absolute Gasteiger partial charge is 0.320 e. The topological polar surface area (TPSA) is 92.3 Å². The number of amides is 1. The maximum absolute atomic E-state index is 13.4. The third kappa shape index (κ3) is 4.27. The zero-order valence-corrected chi connectivity index (χ0v) is 18.9. The monoisotopic (exact) mass is 478 g/mol. The van der Waals surface area contributed by atoms with Gasteiger partial charge in [0.15, 0.2) is 11.6 Å². The Kier molecular flexibility index (Phi) is 6.06. The third-order valence-corrected chi connectivity index (χ3v) is 8.30. The van der Waals surface area contributed by atoms with E-state index in [0.717, 1.165) is 29.0 Å². The van der Waals surface area contributed by atoms with E-state index in [4.69, 9.17) is 0 Å². The molecule has 4 rings (SSSR count). The lowest BCUT2D eigenvalue weighted by atomic mass is 10.2. The summed E-state index contributed by atoms with van der Waals surface area (Å²) in [7, 11) is -3.76. The van der Waals surface area contributed by atoms with E-state index in [9.17, 15) is 22.0 Å². The minimum atomic E-state index is -3.76. The van der Waals surface area contributed by atoms with Crippen molar-refractivity contribution in [3.8, 4) is 0 Å². The van der Waals surface area contributed by atoms with Crippen LogP contribution < -0.4 is 5.32 Å². The Balaban J connectivity index is 1.57. The van der Waals surface area contributed by atoms with Gasteiger partial charge in [-0.2, -0.15) is 4.31 Å². The number of rotatable bonds is 5. The smallest absolute Gasteiger partial charge is 0.286 e. The Bertz CT molecular complexity index is 1290. The Morgan fingerprint density at radius 3 is 2.66 bits per heavy atom. The Morgan fingerprint density at radius 1 is 1.12 bits per heavy atom. The molecule has 0 saturated carbocycles. The van der Waals surface area contributed by atoms with Gasteiger partial charge >= 0.3 is 0 Å². The number of nitrogens with zero attached hydrogens (tertiary/aromatic N) is 3. The summed E-state index contributed by atoms with van der Waals surface area (Å²) < 4.78 is 54.6. The molecule has 0 bridgehead atoms. The number of aryl methyl sites for hydroxylation is 2. The maximum Gasteiger partial charge on any atom is 0.286 e. The number of aromatic nitrogens is 2. The summed E-state index contributed by atoms with van der Waals surface area (Å²) in [4.78, 5) is 12.7. The quantitative estimate of drug-likeness (QED) is 0.593. The van der Waals surface area contributed by atoms with E-state index in [-0.39, 0.29) is 15.6 Å². The summed E-state index contributed by atoms with van der Waals surface area (Å²) in [5.74, 6) is -2.74. The van der Waals surface area contributed by atoms with E-state index >= 15 is 0 Å². The van der Waals surface area contributed by atoms with Crippen molar-refractivity contribution < 1.29 is 22.0 Å². The van der Waals surface area contributed by atoms with Crippen LogP contribution in [0.15, 0.2) is 41.3 Å². The van der Waals surface area contributed by atoms with Crippen LogP contribution in [0.1, 0.15) is 44.8 Å². The average molecular weight is 479 g/mol. The molecule has 0 radical (unpaired) electrons. The highest BCUT2D eigenvalue weighted by molar-refractivity contribution is 7.89. The summed E-state index contributed by atoms with van der Waals surface area (Å²) in [6.45, 7) is 3.93. The first kappa shape index (κ1) is 22.4. The third-order valence-electron chi connectivity index (χ3n) is 5.23. The zero-order chi connectivity index (χ0) is 23.0. The first-order chi connectivity index (χ1) is 15.2. The molecule has 11 heteroatoms. The number of halogens is 2. The van der Waals surface area contributed by atoms with Crippen molar-refractivity contribution in [3.05, 3.63) is 69.2 Å². The van der Waals surface area contributed by atoms with Gasteiger partial charge < -0.3 is 5.32 Å². The summed E-state index contributed by atoms with van der Waals surface area (Å²) in [5, 5.41) is 10.8. The number of hydrogen-bond acceptors (Lipinski definition) is 6. The van der Waals surface area contributed by atoms with Crippen LogP contribution >= 0.6 is 11.3 Å². The van der Waals surface area contributed by atoms with Crippen LogP contribution in [0.5, 0.6) is 0 Å². The van der Waals surface area contributed by atoms with Crippen molar-refractivity contribution >= 4 is 33.0 Å². The van der Waals surface area contributed by atoms with Gasteiger partial charge in [-0.25, -0.2) is 17.2 Å². The molecule has 1 atom stereocenters. The van der Waals surface area contributed by atoms with E-state index in [1.807, 2.05) is 13.0 Å². The van der Waals surface area contributed by atoms with Crippen molar-refractivity contribution in [2.45, 2.75) is 37.6 Å². The van der Waals surface area contributed by atoms with Crippen LogP contribution in [0.3, 0.4) is 0 Å². The van der Waals surface area contributed by atoms with E-state index in [1.165, 1.54) is 10.4 Å². The number of carbonyl (C=O) groups is 1. The predicted molar refractivity (Wildman–Crippen MR) is 116 cm³/mol. The first-order valence-corrected chi connectivity index (χ1v) is 12.1. The first-order valence-electron chi connectivity index (χ1n) is 9.85. The Hall–Kier alpha value is -2.76. The highest BCUT2D eigenvalue weighted by Crippen LogP contribution is 2.38. The lowest BCUT2D eigenvalue weighted by Crippen LogP contribution is -2.31. The lowest BCUT2D eigenvalue weighted by molar-refractivity contribution is 0.102. The molecular formula is C21H20F2N4O3S2. The molecule has 1 aliphatic heterocycles. The highest BCUT2D eigenvalue weighted by Gasteiger charge is 2.39. The Morgan fingerprint density at radius 2 is 1.91 bits per heavy atom. The second-order valence-corrected chi connectivity index (χ2v) is 10.4. The van der Waals surface area contributed by atoms with Gasteiger partial charge in [0.05, 0.1) is 10.9 Å². The standard InChI is InChI=1S/C21H20F2N4O3S2/c1-12-5-6-13(2)18(10-12)32(29,30)27-9-3-4-17(27)20-25-26-21(31-20)19(28)24-14-7-8-15(22)16(23)11-14/h5-8,10-11,17H,3-4,9H2,1-2H3,(H,24,28)/t17-/m1/s1. The number of sulfonamides is 1. The molecule has 1 aliphatic rings. The second-order valence-electron chi connectivity index (χ2n) is 7.57. The minimum Gasteiger partial charge on any atom is -0.320 e. The molecule has 2 heterocycles. The molecule has 0 unspecified atom stereocenters. The van der Waals surface area contributed by atoms with Crippen LogP contribution in [0.25, 0.3) is 0 Å². The summed E-state index contributed by atoms with van der Waals surface area (Å²) >= 11 is 0.979. The van der Waals surface area contributed by atoms with Crippen molar-refractivity contribution in [1.29, 1.82) is 0 Å². The molecule has 1 N–H and O–H groups in total. The molecule has 3 aromatic rings. The highest BCUT2D eigenvalue weighted by atomic mass is 32.2. The summed E-state index contributed by atoms with van der Waals surface area (Å²) in [6.07, 6.45) is 1.22. The molecule has 168 valence electrons. The molecule has 7 nitrogen and oxygen atoms in total. The number of hydrogen-bond donors (Lipinski definition) is 1. The van der Waals surface area contributed by atoms with Gasteiger partial charge in [-0.1, -0.05) is 23.5 Å². The molecule has 0 aliphatic carbocycles. The van der Waals surface area contributed by atoms with Crippen LogP contribution in [0.2, 0.25) is 0 Å². The molecule has 32 heavy (non-hydrogen) atoms. The molecule has 1 aromatic heterocycles. The number of carbonyl (C=O) groups excluding carboxylic acids is 1. The minimum absolute atomic E-state index is 0.000664. The van der Waals surface area contributed by atoms with Crippen molar-refractivity contribution in [2.75, 3.05) is 11.9 Å². The predicted octanol–water partition coefficient (Wildman–Crippen LogP) is 4.21. The van der Waals surface area contributed by atoms with Gasteiger partial charge in [-0.15, -0.1) is 10.2 Å². The lowest BCUT2D eigenvalue weighted by Gasteiger charge is -2.23. The average Bonchev–Trinajstić information content (AvgIpc) is 3.42. The number of benzene rings is 2. The molecule has 2 aromatic carbocycles. The molecular weight excluding hydrogens is 458 g/mol. The van der Waals surface area contributed by atoms with Crippen LogP contribution in [-0.4, -0.2) is 35.4 Å². The van der Waals surface area contributed by atoms with Crippen LogP contribution in [0.4, 0.5) is 14.5 Å². The van der Waals surface area contributed by atoms with Gasteiger partial charge in [0, 0.05) is 18.3 Å². The fraction of sp³-hybridized carbons (Fsp3) is 0.286. The van der Waals surface area contributed by atoms with Crippen molar-refractivity contribution in [2.24, 2.45) is 0 Å². The van der Waals surface area contributed by atoms with Gasteiger partial charge in [0.1, 0.15) is 5.01 Å². The van der Waals surface area contributed by atoms with E-state index in [1.54, 1.807) is 19.1 Å². The van der Waals surface area contributed by atoms with Crippen molar-refractivity contribution in [3.63, 3.8) is 0 Å². The van der Waals surface area contributed by atoms with Gasteiger partial charge in [-0.3, -0.25) is 4.79 Å². The summed E-state index contributed by atoms with van der Waals surface area (Å²) in [6, 6.07) is 7.77. The van der Waals surface area contributed by atoms with Gasteiger partial charge in [0.2, 0.25) is 15.0 Å². The fourth-order valence-electron chi connectivity index (χ4n) is 3.61. The zero-order valence-electron chi connectivity index (χ0n) is 17.3. The van der Waals surface area contributed by atoms with Crippen LogP contribution in [-0.2, 0) is 10.0 Å². The summed E-state index contributed by atoms with van der Waals surface area (Å²) in [5.41, 5.74) is 1.58. The van der Waals surface area contributed by atoms with E-state index in [2.05, 4.69) is 15.5 Å². The second kappa shape index (κ2) is 8.64. The maximum atomic E-state index is 13.4. The van der Waals surface area contributed by atoms with Gasteiger partial charge in [-0.05, 0) is 56.0 Å². The number of anilines is 1. The van der Waals surface area contributed by atoms with Crippen molar-refractivity contribution in [1.82, 2.24) is 14.5 Å². The number of nitrogens with one attached hydrogen (secondary N) is 1. The SMILES string of the molecule is Cc1ccc(C)c(S(=O)(=O)N2CCC[C@@H]2c2nnc(C(=O)Nc3ccc(F)c(F)c3)s2)c1. The molecule has 1 saturated heterocycles. The fourth-order valence-corrected chi connectivity index (χ4v) is 6.53. The van der Waals surface area contributed by atoms with Gasteiger partial charge in [0.25, 0.3) is 5.91 Å². The molecule has 1 fully saturated rings. The molecule has 0 spiro atoms. The van der Waals surface area contributed by atoms with E-state index in [0.29, 0.717) is 30.0 Å². The molecule has 1 amide bonds. The Labute approximate surface area is 188 Å². The van der Waals surface area contributed by atoms with E-state index < -0.39 is 33.6 Å². The van der Waals surface area contributed by atoms with Crippen LogP contribution in [0, 0.1) is 25.5 Å². The normalized spacial score (nSPS) is 16.9.